The summed E-state index contributed by atoms with van der Waals surface area (Å²) in [6.07, 6.45) is 0.796. The first-order valence-electron chi connectivity index (χ1n) is 6.88. The van der Waals surface area contributed by atoms with E-state index in [4.69, 9.17) is 5.73 Å². The summed E-state index contributed by atoms with van der Waals surface area (Å²) in [6, 6.07) is 7.66. The number of nitrogens with zero attached hydrogens (tertiary/aromatic N) is 2. The van der Waals surface area contributed by atoms with Gasteiger partial charge in [0.2, 0.25) is 0 Å². The van der Waals surface area contributed by atoms with E-state index in [-0.39, 0.29) is 0 Å². The van der Waals surface area contributed by atoms with E-state index >= 15 is 0 Å². The number of rotatable bonds is 5. The van der Waals surface area contributed by atoms with Gasteiger partial charge in [-0.2, -0.15) is 12.7 Å². The SMILES string of the molecule is CCCNS(=O)(=O)N1CCN(c2ccc(N)cc2)CC1. The second kappa shape index (κ2) is 6.43. The van der Waals surface area contributed by atoms with E-state index in [0.29, 0.717) is 32.7 Å². The van der Waals surface area contributed by atoms with Crippen LogP contribution in [0.4, 0.5) is 11.4 Å². The summed E-state index contributed by atoms with van der Waals surface area (Å²) in [5.74, 6) is 0. The van der Waals surface area contributed by atoms with Crippen molar-refractivity contribution in [2.45, 2.75) is 13.3 Å². The Morgan fingerprint density at radius 3 is 2.30 bits per heavy atom. The molecule has 1 saturated heterocycles. The van der Waals surface area contributed by atoms with Gasteiger partial charge in [-0.1, -0.05) is 6.92 Å². The molecule has 1 aliphatic rings. The smallest absolute Gasteiger partial charge is 0.279 e. The van der Waals surface area contributed by atoms with Gasteiger partial charge in [-0.3, -0.25) is 0 Å². The Bertz CT molecular complexity index is 522. The molecule has 0 amide bonds. The number of nitrogen functional groups attached to an aromatic ring is 1. The molecule has 3 N–H and O–H groups in total. The molecule has 0 aliphatic carbocycles. The van der Waals surface area contributed by atoms with Crippen LogP contribution in [0.5, 0.6) is 0 Å². The zero-order valence-corrected chi connectivity index (χ0v) is 12.6. The predicted molar refractivity (Wildman–Crippen MR) is 81.9 cm³/mol. The molecular formula is C13H22N4O2S. The number of anilines is 2. The molecule has 6 nitrogen and oxygen atoms in total. The van der Waals surface area contributed by atoms with Crippen molar-refractivity contribution in [2.24, 2.45) is 0 Å². The molecule has 1 aromatic carbocycles. The molecule has 112 valence electrons. The summed E-state index contributed by atoms with van der Waals surface area (Å²) in [4.78, 5) is 2.17. The average molecular weight is 298 g/mol. The summed E-state index contributed by atoms with van der Waals surface area (Å²) < 4.78 is 28.1. The van der Waals surface area contributed by atoms with Crippen LogP contribution in [0.25, 0.3) is 0 Å². The number of hydrogen-bond acceptors (Lipinski definition) is 4. The quantitative estimate of drug-likeness (QED) is 0.782. The van der Waals surface area contributed by atoms with Gasteiger partial charge in [-0.25, -0.2) is 4.72 Å². The fraction of sp³-hybridized carbons (Fsp3) is 0.538. The van der Waals surface area contributed by atoms with Crippen LogP contribution in [-0.4, -0.2) is 45.4 Å². The zero-order valence-electron chi connectivity index (χ0n) is 11.7. The third-order valence-electron chi connectivity index (χ3n) is 3.37. The largest absolute Gasteiger partial charge is 0.399 e. The maximum absolute atomic E-state index is 12.0. The average Bonchev–Trinajstić information content (AvgIpc) is 2.46. The van der Waals surface area contributed by atoms with Crippen molar-refractivity contribution in [2.75, 3.05) is 43.4 Å². The molecule has 1 aromatic rings. The van der Waals surface area contributed by atoms with Crippen LogP contribution in [0, 0.1) is 0 Å². The van der Waals surface area contributed by atoms with Crippen LogP contribution in [-0.2, 0) is 10.2 Å². The van der Waals surface area contributed by atoms with E-state index in [1.54, 1.807) is 0 Å². The normalized spacial score (nSPS) is 17.4. The highest BCUT2D eigenvalue weighted by molar-refractivity contribution is 7.87. The highest BCUT2D eigenvalue weighted by Crippen LogP contribution is 2.18. The topological polar surface area (TPSA) is 78.7 Å². The highest BCUT2D eigenvalue weighted by atomic mass is 32.2. The molecule has 1 fully saturated rings. The Morgan fingerprint density at radius 2 is 1.75 bits per heavy atom. The summed E-state index contributed by atoms with van der Waals surface area (Å²) in [7, 11) is -3.32. The molecule has 7 heteroatoms. The Balaban J connectivity index is 1.93. The first-order chi connectivity index (χ1) is 9.53. The number of piperazine rings is 1. The van der Waals surface area contributed by atoms with Crippen molar-refractivity contribution >= 4 is 21.6 Å². The van der Waals surface area contributed by atoms with Gasteiger partial charge >= 0.3 is 0 Å². The van der Waals surface area contributed by atoms with Gasteiger partial charge < -0.3 is 10.6 Å². The second-order valence-corrected chi connectivity index (χ2v) is 6.63. The standard InChI is InChI=1S/C13H22N4O2S/c1-2-7-15-20(18,19)17-10-8-16(9-11-17)13-5-3-12(14)4-6-13/h3-6,15H,2,7-11,14H2,1H3. The lowest BCUT2D eigenvalue weighted by Crippen LogP contribution is -2.52. The van der Waals surface area contributed by atoms with E-state index in [2.05, 4.69) is 9.62 Å². The van der Waals surface area contributed by atoms with Crippen LogP contribution in [0.15, 0.2) is 24.3 Å². The summed E-state index contributed by atoms with van der Waals surface area (Å²) >= 11 is 0. The van der Waals surface area contributed by atoms with Crippen LogP contribution < -0.4 is 15.4 Å². The molecule has 20 heavy (non-hydrogen) atoms. The number of hydrogen-bond donors (Lipinski definition) is 2. The first-order valence-corrected chi connectivity index (χ1v) is 8.32. The second-order valence-electron chi connectivity index (χ2n) is 4.88. The molecule has 0 unspecified atom stereocenters. The monoisotopic (exact) mass is 298 g/mol. The van der Waals surface area contributed by atoms with Gasteiger partial charge in [0.1, 0.15) is 0 Å². The van der Waals surface area contributed by atoms with Crippen molar-refractivity contribution in [3.63, 3.8) is 0 Å². The maximum Gasteiger partial charge on any atom is 0.279 e. The lowest BCUT2D eigenvalue weighted by molar-refractivity contribution is 0.378. The summed E-state index contributed by atoms with van der Waals surface area (Å²) in [5, 5.41) is 0. The molecule has 0 saturated carbocycles. The van der Waals surface area contributed by atoms with Crippen molar-refractivity contribution < 1.29 is 8.42 Å². The molecule has 0 aromatic heterocycles. The van der Waals surface area contributed by atoms with Crippen LogP contribution in [0.1, 0.15) is 13.3 Å². The zero-order chi connectivity index (χ0) is 14.6. The lowest BCUT2D eigenvalue weighted by Gasteiger charge is -2.35. The fourth-order valence-electron chi connectivity index (χ4n) is 2.19. The minimum Gasteiger partial charge on any atom is -0.399 e. The van der Waals surface area contributed by atoms with E-state index in [1.807, 2.05) is 31.2 Å². The third kappa shape index (κ3) is 3.62. The summed E-state index contributed by atoms with van der Waals surface area (Å²) in [5.41, 5.74) is 7.48. The maximum atomic E-state index is 12.0. The number of benzene rings is 1. The van der Waals surface area contributed by atoms with Crippen molar-refractivity contribution in [3.05, 3.63) is 24.3 Å². The van der Waals surface area contributed by atoms with E-state index in [1.165, 1.54) is 4.31 Å². The Hall–Kier alpha value is -1.31. The minimum absolute atomic E-state index is 0.487. The minimum atomic E-state index is -3.32. The number of nitrogens with two attached hydrogens (primary N) is 1. The van der Waals surface area contributed by atoms with E-state index < -0.39 is 10.2 Å². The molecule has 0 radical (unpaired) electrons. The molecule has 0 spiro atoms. The number of nitrogens with one attached hydrogen (secondary N) is 1. The molecule has 0 bridgehead atoms. The van der Waals surface area contributed by atoms with Crippen LogP contribution >= 0.6 is 0 Å². The molecule has 1 aliphatic heterocycles. The molecule has 2 rings (SSSR count). The Kier molecular flexibility index (Phi) is 4.85. The van der Waals surface area contributed by atoms with Crippen LogP contribution in [0.2, 0.25) is 0 Å². The van der Waals surface area contributed by atoms with E-state index in [9.17, 15) is 8.42 Å². The fourth-order valence-corrected chi connectivity index (χ4v) is 3.48. The lowest BCUT2D eigenvalue weighted by atomic mass is 10.2. The van der Waals surface area contributed by atoms with Gasteiger partial charge in [0, 0.05) is 44.1 Å². The van der Waals surface area contributed by atoms with E-state index in [0.717, 1.165) is 17.8 Å². The molecular weight excluding hydrogens is 276 g/mol. The predicted octanol–water partition coefficient (Wildman–Crippen LogP) is 0.635. The van der Waals surface area contributed by atoms with Crippen molar-refractivity contribution in [3.8, 4) is 0 Å². The van der Waals surface area contributed by atoms with Gasteiger partial charge in [0.15, 0.2) is 0 Å². The Labute approximate surface area is 120 Å². The summed E-state index contributed by atoms with van der Waals surface area (Å²) in [6.45, 7) is 4.82. The highest BCUT2D eigenvalue weighted by Gasteiger charge is 2.26. The van der Waals surface area contributed by atoms with Crippen LogP contribution in [0.3, 0.4) is 0 Å². The molecule has 1 heterocycles. The van der Waals surface area contributed by atoms with Gasteiger partial charge in [0.05, 0.1) is 0 Å². The van der Waals surface area contributed by atoms with Gasteiger partial charge in [-0.15, -0.1) is 0 Å². The van der Waals surface area contributed by atoms with Gasteiger partial charge in [-0.05, 0) is 30.7 Å². The van der Waals surface area contributed by atoms with Crippen molar-refractivity contribution in [1.82, 2.24) is 9.03 Å². The third-order valence-corrected chi connectivity index (χ3v) is 4.99. The van der Waals surface area contributed by atoms with Gasteiger partial charge in [0.25, 0.3) is 10.2 Å². The van der Waals surface area contributed by atoms with Crippen molar-refractivity contribution in [1.29, 1.82) is 0 Å². The molecule has 0 atom stereocenters. The first kappa shape index (κ1) is 15.1. The Morgan fingerprint density at radius 1 is 1.15 bits per heavy atom.